The van der Waals surface area contributed by atoms with E-state index in [4.69, 9.17) is 10.5 Å². The van der Waals surface area contributed by atoms with Crippen molar-refractivity contribution in [3.05, 3.63) is 29.8 Å². The molecule has 0 spiro atoms. The van der Waals surface area contributed by atoms with E-state index in [1.54, 1.807) is 0 Å². The third-order valence-electron chi connectivity index (χ3n) is 3.55. The third kappa shape index (κ3) is 3.45. The highest BCUT2D eigenvalue weighted by atomic mass is 16.5. The average Bonchev–Trinajstić information content (AvgIpc) is 2.86. The molecule has 2 rings (SSSR count). The Balaban J connectivity index is 1.84. The van der Waals surface area contributed by atoms with E-state index in [1.165, 1.54) is 12.0 Å². The van der Waals surface area contributed by atoms with Crippen molar-refractivity contribution >= 4 is 0 Å². The normalized spacial score (nSPS) is 21.4. The minimum absolute atomic E-state index is 0.464. The fraction of sp³-hybridized carbons (Fsp3) is 0.571. The molecule has 1 aliphatic rings. The van der Waals surface area contributed by atoms with E-state index >= 15 is 0 Å². The maximum Gasteiger partial charge on any atom is 0.119 e. The van der Waals surface area contributed by atoms with E-state index in [1.807, 2.05) is 12.1 Å². The average molecular weight is 234 g/mol. The number of hydrogen-bond acceptors (Lipinski definition) is 3. The van der Waals surface area contributed by atoms with Crippen LogP contribution < -0.4 is 15.8 Å². The van der Waals surface area contributed by atoms with E-state index in [0.29, 0.717) is 18.4 Å². The molecule has 0 bridgehead atoms. The molecule has 17 heavy (non-hydrogen) atoms. The molecular formula is C14H22N2O. The lowest BCUT2D eigenvalue weighted by Crippen LogP contribution is -2.30. The van der Waals surface area contributed by atoms with Crippen molar-refractivity contribution in [3.8, 4) is 5.75 Å². The summed E-state index contributed by atoms with van der Waals surface area (Å²) in [5.74, 6) is 2.08. The molecule has 1 saturated heterocycles. The van der Waals surface area contributed by atoms with Crippen LogP contribution in [-0.4, -0.2) is 26.2 Å². The standard InChI is InChI=1S/C14H22N2O/c1-11-2-4-14(5-3-11)17-10-13(8-15)12-6-7-16-9-12/h2-5,12-13,16H,6-10,15H2,1H3. The molecule has 2 atom stereocenters. The number of benzene rings is 1. The van der Waals surface area contributed by atoms with Crippen molar-refractivity contribution in [1.82, 2.24) is 5.32 Å². The summed E-state index contributed by atoms with van der Waals surface area (Å²) in [5.41, 5.74) is 7.09. The van der Waals surface area contributed by atoms with Gasteiger partial charge < -0.3 is 15.8 Å². The third-order valence-corrected chi connectivity index (χ3v) is 3.55. The lowest BCUT2D eigenvalue weighted by atomic mass is 9.92. The van der Waals surface area contributed by atoms with E-state index in [2.05, 4.69) is 24.4 Å². The zero-order valence-corrected chi connectivity index (χ0v) is 10.5. The zero-order chi connectivity index (χ0) is 12.1. The molecule has 0 amide bonds. The van der Waals surface area contributed by atoms with Crippen LogP contribution in [0.3, 0.4) is 0 Å². The molecular weight excluding hydrogens is 212 g/mol. The zero-order valence-electron chi connectivity index (χ0n) is 10.5. The second-order valence-electron chi connectivity index (χ2n) is 4.87. The van der Waals surface area contributed by atoms with Gasteiger partial charge in [-0.25, -0.2) is 0 Å². The molecule has 1 heterocycles. The lowest BCUT2D eigenvalue weighted by Gasteiger charge is -2.21. The van der Waals surface area contributed by atoms with Gasteiger partial charge in [-0.3, -0.25) is 0 Å². The van der Waals surface area contributed by atoms with Crippen LogP contribution in [0.15, 0.2) is 24.3 Å². The highest BCUT2D eigenvalue weighted by Crippen LogP contribution is 2.20. The first-order chi connectivity index (χ1) is 8.29. The summed E-state index contributed by atoms with van der Waals surface area (Å²) in [5, 5.41) is 3.38. The van der Waals surface area contributed by atoms with Crippen LogP contribution in [0.5, 0.6) is 5.75 Å². The van der Waals surface area contributed by atoms with Gasteiger partial charge in [-0.05, 0) is 51.0 Å². The monoisotopic (exact) mass is 234 g/mol. The van der Waals surface area contributed by atoms with Gasteiger partial charge in [-0.2, -0.15) is 0 Å². The number of nitrogens with one attached hydrogen (secondary N) is 1. The predicted octanol–water partition coefficient (Wildman–Crippen LogP) is 1.56. The largest absolute Gasteiger partial charge is 0.493 e. The fourth-order valence-electron chi connectivity index (χ4n) is 2.31. The minimum Gasteiger partial charge on any atom is -0.493 e. The Morgan fingerprint density at radius 2 is 2.18 bits per heavy atom. The van der Waals surface area contributed by atoms with E-state index in [-0.39, 0.29) is 0 Å². The van der Waals surface area contributed by atoms with Gasteiger partial charge in [-0.15, -0.1) is 0 Å². The Morgan fingerprint density at radius 1 is 1.41 bits per heavy atom. The quantitative estimate of drug-likeness (QED) is 0.813. The van der Waals surface area contributed by atoms with Gasteiger partial charge in [-0.1, -0.05) is 17.7 Å². The van der Waals surface area contributed by atoms with E-state index in [9.17, 15) is 0 Å². The van der Waals surface area contributed by atoms with Gasteiger partial charge >= 0.3 is 0 Å². The SMILES string of the molecule is Cc1ccc(OCC(CN)C2CCNC2)cc1. The van der Waals surface area contributed by atoms with Crippen LogP contribution in [0.25, 0.3) is 0 Å². The molecule has 0 aliphatic carbocycles. The van der Waals surface area contributed by atoms with Crippen molar-refractivity contribution < 1.29 is 4.74 Å². The molecule has 1 aromatic carbocycles. The summed E-state index contributed by atoms with van der Waals surface area (Å²) in [7, 11) is 0. The number of aryl methyl sites for hydroxylation is 1. The van der Waals surface area contributed by atoms with Crippen LogP contribution in [0, 0.1) is 18.8 Å². The first kappa shape index (κ1) is 12.4. The topological polar surface area (TPSA) is 47.3 Å². The Morgan fingerprint density at radius 3 is 2.76 bits per heavy atom. The summed E-state index contributed by atoms with van der Waals surface area (Å²) in [4.78, 5) is 0. The highest BCUT2D eigenvalue weighted by molar-refractivity contribution is 5.26. The Kier molecular flexibility index (Phi) is 4.40. The lowest BCUT2D eigenvalue weighted by molar-refractivity contribution is 0.206. The molecule has 2 unspecified atom stereocenters. The van der Waals surface area contributed by atoms with Gasteiger partial charge in [0.25, 0.3) is 0 Å². The number of nitrogens with two attached hydrogens (primary N) is 1. The summed E-state index contributed by atoms with van der Waals surface area (Å²) < 4.78 is 5.82. The second kappa shape index (κ2) is 6.03. The molecule has 3 heteroatoms. The number of rotatable bonds is 5. The minimum atomic E-state index is 0.464. The Labute approximate surface area is 103 Å². The summed E-state index contributed by atoms with van der Waals surface area (Å²) >= 11 is 0. The second-order valence-corrected chi connectivity index (χ2v) is 4.87. The molecule has 0 aromatic heterocycles. The van der Waals surface area contributed by atoms with Gasteiger partial charge in [0.05, 0.1) is 6.61 Å². The smallest absolute Gasteiger partial charge is 0.119 e. The van der Waals surface area contributed by atoms with Gasteiger partial charge in [0.15, 0.2) is 0 Å². The van der Waals surface area contributed by atoms with Crippen molar-refractivity contribution in [1.29, 1.82) is 0 Å². The van der Waals surface area contributed by atoms with Crippen molar-refractivity contribution in [2.75, 3.05) is 26.2 Å². The molecule has 1 aromatic rings. The van der Waals surface area contributed by atoms with Crippen LogP contribution in [0.2, 0.25) is 0 Å². The van der Waals surface area contributed by atoms with Crippen LogP contribution in [-0.2, 0) is 0 Å². The molecule has 0 saturated carbocycles. The maximum atomic E-state index is 5.83. The summed E-state index contributed by atoms with van der Waals surface area (Å²) in [6.07, 6.45) is 1.22. The first-order valence-corrected chi connectivity index (χ1v) is 6.40. The summed E-state index contributed by atoms with van der Waals surface area (Å²) in [6, 6.07) is 8.19. The molecule has 94 valence electrons. The van der Waals surface area contributed by atoms with Gasteiger partial charge in [0, 0.05) is 5.92 Å². The van der Waals surface area contributed by atoms with Crippen LogP contribution in [0.4, 0.5) is 0 Å². The van der Waals surface area contributed by atoms with Crippen LogP contribution >= 0.6 is 0 Å². The molecule has 1 fully saturated rings. The number of hydrogen-bond donors (Lipinski definition) is 2. The molecule has 0 radical (unpaired) electrons. The number of ether oxygens (including phenoxy) is 1. The van der Waals surface area contributed by atoms with Crippen molar-refractivity contribution in [3.63, 3.8) is 0 Å². The molecule has 1 aliphatic heterocycles. The van der Waals surface area contributed by atoms with Gasteiger partial charge in [0.1, 0.15) is 5.75 Å². The summed E-state index contributed by atoms with van der Waals surface area (Å²) in [6.45, 7) is 5.71. The van der Waals surface area contributed by atoms with Crippen molar-refractivity contribution in [2.24, 2.45) is 17.6 Å². The van der Waals surface area contributed by atoms with Crippen molar-refractivity contribution in [2.45, 2.75) is 13.3 Å². The fourth-order valence-corrected chi connectivity index (χ4v) is 2.31. The maximum absolute atomic E-state index is 5.83. The Hall–Kier alpha value is -1.06. The van der Waals surface area contributed by atoms with Crippen LogP contribution in [0.1, 0.15) is 12.0 Å². The predicted molar refractivity (Wildman–Crippen MR) is 70.2 cm³/mol. The Bertz CT molecular complexity index is 331. The van der Waals surface area contributed by atoms with E-state index < -0.39 is 0 Å². The first-order valence-electron chi connectivity index (χ1n) is 6.40. The van der Waals surface area contributed by atoms with E-state index in [0.717, 1.165) is 25.4 Å². The van der Waals surface area contributed by atoms with Gasteiger partial charge in [0.2, 0.25) is 0 Å². The molecule has 3 nitrogen and oxygen atoms in total. The molecule has 3 N–H and O–H groups in total. The highest BCUT2D eigenvalue weighted by Gasteiger charge is 2.24.